The van der Waals surface area contributed by atoms with Gasteiger partial charge in [0.2, 0.25) is 0 Å². The Labute approximate surface area is 185 Å². The van der Waals surface area contributed by atoms with Gasteiger partial charge in [0.05, 0.1) is 0 Å². The van der Waals surface area contributed by atoms with E-state index in [1.165, 1.54) is 96.3 Å². The number of hydrogen-bond donors (Lipinski definition) is 0. The Hall–Kier alpha value is 1.17. The Morgan fingerprint density at radius 2 is 0.593 bits per heavy atom. The molecule has 0 heterocycles. The zero-order valence-electron chi connectivity index (χ0n) is 19.7. The van der Waals surface area contributed by atoms with Crippen molar-refractivity contribution >= 4 is 20.3 Å². The summed E-state index contributed by atoms with van der Waals surface area (Å²) < 4.78 is 7.94. The number of halogens is 1. The molecule has 0 aromatic heterocycles. The normalized spacial score (nSPS) is 11.6. The maximum absolute atomic E-state index is 2.83. The third-order valence-electron chi connectivity index (χ3n) is 6.15. The van der Waals surface area contributed by atoms with Crippen molar-refractivity contribution in [1.29, 1.82) is 0 Å². The van der Waals surface area contributed by atoms with Crippen molar-refractivity contribution < 1.29 is 12.4 Å². The second-order valence-corrected chi connectivity index (χ2v) is 26.9. The molecule has 0 aromatic carbocycles. The van der Waals surface area contributed by atoms with E-state index in [2.05, 4.69) is 25.4 Å². The molecule has 0 fully saturated rings. The Morgan fingerprint density at radius 3 is 0.852 bits per heavy atom. The van der Waals surface area contributed by atoms with Crippen LogP contribution in [-0.4, -0.2) is 20.3 Å². The van der Waals surface area contributed by atoms with Crippen molar-refractivity contribution in [2.75, 3.05) is 0 Å². The summed E-state index contributed by atoms with van der Waals surface area (Å²) in [6, 6.07) is 0. The van der Waals surface area contributed by atoms with Crippen molar-refractivity contribution in [3.05, 3.63) is 0 Å². The first-order chi connectivity index (χ1) is 12.7. The smallest absolute Gasteiger partial charge is 1.00 e. The summed E-state index contributed by atoms with van der Waals surface area (Å²) in [6.07, 6.45) is 26.8. The van der Waals surface area contributed by atoms with Gasteiger partial charge >= 0.3 is 174 Å². The molecule has 0 atom stereocenters. The number of hydrogen-bond acceptors (Lipinski definition) is 0. The van der Waals surface area contributed by atoms with Gasteiger partial charge in [0.1, 0.15) is 0 Å². The van der Waals surface area contributed by atoms with Crippen LogP contribution in [0.25, 0.3) is 0 Å². The van der Waals surface area contributed by atoms with Gasteiger partial charge in [-0.3, -0.25) is 0 Å². The standard InChI is InChI=1S/C10H21.2C7H15.CH3.Bi.ClH/c1-3-5-7-9-10-8-6-4-2;2*1-3-5-7-6-4-2;;;/h1,3-10H2,2H3;2*1,3-7H2,2H3;1H3;;1H/q;;;;+1;/p-1. The van der Waals surface area contributed by atoms with Crippen molar-refractivity contribution in [2.45, 2.75) is 153 Å². The molecule has 0 aliphatic heterocycles. The fourth-order valence-electron chi connectivity index (χ4n) is 4.16. The average molecular weight is 599 g/mol. The monoisotopic (exact) mass is 598 g/mol. The molecular formula is C25H54BiCl. The van der Waals surface area contributed by atoms with Crippen molar-refractivity contribution in [1.82, 2.24) is 0 Å². The molecule has 0 saturated heterocycles. The molecule has 166 valence electrons. The first-order valence-corrected chi connectivity index (χ1v) is 23.4. The van der Waals surface area contributed by atoms with E-state index in [4.69, 9.17) is 0 Å². The van der Waals surface area contributed by atoms with Crippen LogP contribution in [0, 0.1) is 0 Å². The minimum Gasteiger partial charge on any atom is -1.00 e. The molecule has 0 radical (unpaired) electrons. The average Bonchev–Trinajstić information content (AvgIpc) is 2.64. The summed E-state index contributed by atoms with van der Waals surface area (Å²) in [5, 5.41) is 0. The fraction of sp³-hybridized carbons (Fsp3) is 1.00. The van der Waals surface area contributed by atoms with Crippen molar-refractivity contribution in [3.63, 3.8) is 0 Å². The van der Waals surface area contributed by atoms with Crippen LogP contribution < -0.4 is 12.4 Å². The predicted octanol–water partition coefficient (Wildman–Crippen LogP) is 7.15. The van der Waals surface area contributed by atoms with Gasteiger partial charge in [-0.25, -0.2) is 0 Å². The number of rotatable bonds is 21. The Balaban J connectivity index is 0. The molecule has 0 aliphatic rings. The van der Waals surface area contributed by atoms with Crippen molar-refractivity contribution in [3.8, 4) is 0 Å². The van der Waals surface area contributed by atoms with E-state index in [0.717, 1.165) is 0 Å². The van der Waals surface area contributed by atoms with Gasteiger partial charge in [-0.1, -0.05) is 0 Å². The van der Waals surface area contributed by atoms with E-state index in [9.17, 15) is 0 Å². The van der Waals surface area contributed by atoms with Gasteiger partial charge in [0, 0.05) is 0 Å². The van der Waals surface area contributed by atoms with Crippen LogP contribution in [-0.2, 0) is 0 Å². The largest absolute Gasteiger partial charge is 1.00 e. The molecule has 27 heavy (non-hydrogen) atoms. The van der Waals surface area contributed by atoms with Crippen LogP contribution in [0.2, 0.25) is 17.0 Å². The summed E-state index contributed by atoms with van der Waals surface area (Å²) in [4.78, 5) is 0. The maximum Gasteiger partial charge on any atom is -1.00 e. The molecule has 0 unspecified atom stereocenters. The molecule has 0 aromatic rings. The van der Waals surface area contributed by atoms with Crippen LogP contribution in [0.4, 0.5) is 0 Å². The molecule has 0 nitrogen and oxygen atoms in total. The van der Waals surface area contributed by atoms with Gasteiger partial charge < -0.3 is 12.4 Å². The quantitative estimate of drug-likeness (QED) is 0.0972. The Kier molecular flexibility index (Phi) is 26.4. The molecule has 0 amide bonds. The summed E-state index contributed by atoms with van der Waals surface area (Å²) in [7, 11) is 0. The minimum absolute atomic E-state index is 0. The number of unbranched alkanes of at least 4 members (excludes halogenated alkanes) is 15. The molecule has 0 spiro atoms. The van der Waals surface area contributed by atoms with E-state index in [0.29, 0.717) is 0 Å². The second kappa shape index (κ2) is 23.5. The molecule has 0 rings (SSSR count). The molecule has 0 bridgehead atoms. The predicted molar refractivity (Wildman–Crippen MR) is 126 cm³/mol. The first-order valence-electron chi connectivity index (χ1n) is 12.5. The van der Waals surface area contributed by atoms with E-state index >= 15 is 0 Å². The van der Waals surface area contributed by atoms with E-state index in [1.54, 1.807) is 31.6 Å². The van der Waals surface area contributed by atoms with Gasteiger partial charge in [-0.2, -0.15) is 0 Å². The zero-order chi connectivity index (χ0) is 19.3. The third kappa shape index (κ3) is 21.7. The minimum atomic E-state index is -1.83. The van der Waals surface area contributed by atoms with E-state index in [1.807, 2.05) is 0 Å². The van der Waals surface area contributed by atoms with E-state index < -0.39 is 20.3 Å². The third-order valence-corrected chi connectivity index (χ3v) is 22.4. The Bertz CT molecular complexity index is 253. The molecule has 0 saturated carbocycles. The maximum atomic E-state index is 2.83. The fourth-order valence-corrected chi connectivity index (χ4v) is 18.3. The van der Waals surface area contributed by atoms with Crippen LogP contribution in [0.15, 0.2) is 0 Å². The van der Waals surface area contributed by atoms with Crippen LogP contribution in [0.1, 0.15) is 136 Å². The van der Waals surface area contributed by atoms with Crippen LogP contribution in [0.5, 0.6) is 0 Å². The first kappa shape index (κ1) is 30.4. The zero-order valence-corrected chi connectivity index (χ0v) is 23.9. The van der Waals surface area contributed by atoms with E-state index in [-0.39, 0.29) is 12.4 Å². The Morgan fingerprint density at radius 1 is 0.370 bits per heavy atom. The summed E-state index contributed by atoms with van der Waals surface area (Å²) in [5.74, 6) is 0. The molecular weight excluding hydrogens is 545 g/mol. The van der Waals surface area contributed by atoms with Gasteiger partial charge in [0.15, 0.2) is 0 Å². The van der Waals surface area contributed by atoms with Crippen LogP contribution >= 0.6 is 0 Å². The SMILES string of the molecule is CCCCCCCCC[CH2][Bi+]([CH3])([CH2]CCCCCC)[CH2]CCCCCC.[Cl-]. The van der Waals surface area contributed by atoms with Gasteiger partial charge in [0.25, 0.3) is 0 Å². The molecule has 0 N–H and O–H groups in total. The summed E-state index contributed by atoms with van der Waals surface area (Å²) in [6.45, 7) is 6.99. The molecule has 2 heteroatoms. The van der Waals surface area contributed by atoms with Crippen molar-refractivity contribution in [2.24, 2.45) is 0 Å². The molecule has 0 aliphatic carbocycles. The second-order valence-electron chi connectivity index (χ2n) is 9.09. The summed E-state index contributed by atoms with van der Waals surface area (Å²) in [5.41, 5.74) is 0. The van der Waals surface area contributed by atoms with Gasteiger partial charge in [-0.15, -0.1) is 0 Å². The summed E-state index contributed by atoms with van der Waals surface area (Å²) >= 11 is -1.83. The van der Waals surface area contributed by atoms with Crippen LogP contribution in [0.3, 0.4) is 0 Å². The van der Waals surface area contributed by atoms with Gasteiger partial charge in [-0.05, 0) is 0 Å². The topological polar surface area (TPSA) is 0 Å².